The normalized spacial score (nSPS) is 21.9. The number of nitrogens with zero attached hydrogens (tertiary/aromatic N) is 2. The van der Waals surface area contributed by atoms with E-state index in [1.54, 1.807) is 34.0 Å². The summed E-state index contributed by atoms with van der Waals surface area (Å²) in [5.41, 5.74) is 6.34. The number of ether oxygens (including phenoxy) is 1. The largest absolute Gasteiger partial charge is 0.478 e. The average Bonchev–Trinajstić information content (AvgIpc) is 3.53. The summed E-state index contributed by atoms with van der Waals surface area (Å²) in [7, 11) is 3.49. The number of carbonyl (C=O) groups is 3. The number of nitrogens with two attached hydrogens (primary N) is 1. The van der Waals surface area contributed by atoms with E-state index in [2.05, 4.69) is 5.32 Å². The molecule has 4 N–H and O–H groups in total. The summed E-state index contributed by atoms with van der Waals surface area (Å²) in [6, 6.07) is 5.20. The Morgan fingerprint density at radius 3 is 2.46 bits per heavy atom. The van der Waals surface area contributed by atoms with Crippen molar-refractivity contribution in [2.75, 3.05) is 27.2 Å². The quantitative estimate of drug-likeness (QED) is 0.207. The number of quaternary nitrogens is 1. The van der Waals surface area contributed by atoms with Gasteiger partial charge in [-0.3, -0.25) is 10.1 Å². The summed E-state index contributed by atoms with van der Waals surface area (Å²) in [4.78, 5) is 47.5. The van der Waals surface area contributed by atoms with Crippen LogP contribution in [0.4, 0.5) is 10.5 Å². The maximum Gasteiger partial charge on any atom is 0.413 e. The van der Waals surface area contributed by atoms with Crippen molar-refractivity contribution in [3.05, 3.63) is 62.5 Å². The molecule has 1 aliphatic carbocycles. The molecule has 3 atom stereocenters. The number of nitrogens with one attached hydrogen (secondary N) is 1. The molecule has 35 heavy (non-hydrogen) atoms. The van der Waals surface area contributed by atoms with Gasteiger partial charge >= 0.3 is 18.0 Å². The molecule has 2 aliphatic rings. The van der Waals surface area contributed by atoms with Gasteiger partial charge in [0.15, 0.2) is 0 Å². The Morgan fingerprint density at radius 1 is 1.20 bits per heavy atom. The number of carboxylic acid groups (broad SMARTS) is 1. The Hall–Kier alpha value is -3.73. The lowest BCUT2D eigenvalue weighted by Gasteiger charge is -2.29. The number of primary amides is 1. The van der Waals surface area contributed by atoms with E-state index in [1.165, 1.54) is 18.2 Å². The monoisotopic (exact) mass is 487 g/mol. The minimum Gasteiger partial charge on any atom is -0.478 e. The van der Waals surface area contributed by atoms with Crippen LogP contribution < -0.4 is 11.1 Å². The topological polar surface area (TPSA) is 162 Å². The van der Waals surface area contributed by atoms with Crippen LogP contribution >= 0.6 is 0 Å². The van der Waals surface area contributed by atoms with Gasteiger partial charge in [-0.15, -0.1) is 0 Å². The zero-order chi connectivity index (χ0) is 26.1. The Morgan fingerprint density at radius 2 is 1.86 bits per heavy atom. The fourth-order valence-electron chi connectivity index (χ4n) is 4.43. The molecule has 1 fully saturated rings. The van der Waals surface area contributed by atoms with Crippen molar-refractivity contribution in [1.82, 2.24) is 5.32 Å². The third kappa shape index (κ3) is 5.68. The number of hydrogen-bond donors (Lipinski definition) is 3. The van der Waals surface area contributed by atoms with Gasteiger partial charge in [-0.2, -0.15) is 0 Å². The van der Waals surface area contributed by atoms with Crippen molar-refractivity contribution >= 4 is 23.7 Å². The molecule has 11 nitrogen and oxygen atoms in total. The number of non-ortho nitro benzene ring substituents is 1. The van der Waals surface area contributed by atoms with Crippen LogP contribution in [0.1, 0.15) is 38.2 Å². The first-order chi connectivity index (χ1) is 16.3. The highest BCUT2D eigenvalue weighted by atomic mass is 16.6. The second-order valence-corrected chi connectivity index (χ2v) is 9.68. The number of rotatable bonds is 9. The Bertz CT molecular complexity index is 1140. The molecule has 1 saturated carbocycles. The standard InChI is InChI=1S/C24H30N4O7/c1-13-19(22(29)30)21(16-6-5-7-18(11-16)27(33)34)20(14(2)26-13)23(31)35-12-17-10-15(17)8-9-28(3,4)24(25)32/h5-7,11,15,17,21H,8-10,12H2,1-4H3,(H3-,25,26,29,30,31,32)/p+1. The number of aliphatic carboxylic acids is 1. The lowest BCUT2D eigenvalue weighted by molar-refractivity contribution is -0.808. The van der Waals surface area contributed by atoms with Crippen molar-refractivity contribution in [1.29, 1.82) is 0 Å². The Balaban J connectivity index is 1.78. The van der Waals surface area contributed by atoms with Crippen molar-refractivity contribution in [3.8, 4) is 0 Å². The number of nitro groups is 1. The predicted octanol–water partition coefficient (Wildman–Crippen LogP) is 2.64. The highest BCUT2D eigenvalue weighted by molar-refractivity contribution is 5.99. The highest BCUT2D eigenvalue weighted by Crippen LogP contribution is 2.43. The molecule has 188 valence electrons. The zero-order valence-corrected chi connectivity index (χ0v) is 20.2. The predicted molar refractivity (Wildman–Crippen MR) is 126 cm³/mol. The van der Waals surface area contributed by atoms with E-state index in [9.17, 15) is 29.6 Å². The Labute approximate surface area is 203 Å². The first-order valence-corrected chi connectivity index (χ1v) is 11.3. The number of allylic oxidation sites excluding steroid dienone is 2. The van der Waals surface area contributed by atoms with Crippen LogP contribution in [0, 0.1) is 22.0 Å². The molecular weight excluding hydrogens is 456 g/mol. The van der Waals surface area contributed by atoms with Crippen molar-refractivity contribution in [2.24, 2.45) is 17.6 Å². The summed E-state index contributed by atoms with van der Waals surface area (Å²) >= 11 is 0. The average molecular weight is 488 g/mol. The lowest BCUT2D eigenvalue weighted by Crippen LogP contribution is -2.49. The molecule has 0 radical (unpaired) electrons. The van der Waals surface area contributed by atoms with Gasteiger partial charge in [0.25, 0.3) is 5.69 Å². The van der Waals surface area contributed by atoms with Crippen molar-refractivity contribution in [3.63, 3.8) is 0 Å². The van der Waals surface area contributed by atoms with E-state index in [1.807, 2.05) is 0 Å². The third-order valence-corrected chi connectivity index (χ3v) is 6.78. The SMILES string of the molecule is CC1=C(C(=O)O)C(c2cccc([N+](=O)[O-])c2)C(C(=O)OCC2CC2CC[N+](C)(C)C(N)=O)=C(C)N1. The molecule has 0 aromatic heterocycles. The number of carboxylic acids is 1. The number of carbonyl (C=O) groups excluding carboxylic acids is 2. The Kier molecular flexibility index (Phi) is 7.30. The summed E-state index contributed by atoms with van der Waals surface area (Å²) in [6.45, 7) is 3.98. The van der Waals surface area contributed by atoms with Gasteiger partial charge in [0.2, 0.25) is 0 Å². The molecule has 3 rings (SSSR count). The minimum absolute atomic E-state index is 0.0706. The van der Waals surface area contributed by atoms with E-state index in [0.717, 1.165) is 12.8 Å². The molecular formula is C24H31N4O7+. The van der Waals surface area contributed by atoms with Gasteiger partial charge < -0.3 is 20.9 Å². The van der Waals surface area contributed by atoms with E-state index in [4.69, 9.17) is 10.5 Å². The van der Waals surface area contributed by atoms with E-state index in [-0.39, 0.29) is 33.8 Å². The van der Waals surface area contributed by atoms with E-state index in [0.29, 0.717) is 29.4 Å². The lowest BCUT2D eigenvalue weighted by atomic mass is 9.80. The van der Waals surface area contributed by atoms with Gasteiger partial charge in [0.05, 0.1) is 49.2 Å². The van der Waals surface area contributed by atoms with Gasteiger partial charge in [0.1, 0.15) is 0 Å². The van der Waals surface area contributed by atoms with Crippen LogP contribution in [0.2, 0.25) is 0 Å². The van der Waals surface area contributed by atoms with Gasteiger partial charge in [0, 0.05) is 29.9 Å². The molecule has 2 amide bonds. The summed E-state index contributed by atoms with van der Waals surface area (Å²) in [5, 5.41) is 24.1. The number of nitro benzene ring substituents is 1. The van der Waals surface area contributed by atoms with Crippen LogP contribution in [-0.4, -0.2) is 59.7 Å². The fourth-order valence-corrected chi connectivity index (χ4v) is 4.43. The molecule has 1 aromatic carbocycles. The second-order valence-electron chi connectivity index (χ2n) is 9.68. The molecule has 1 aliphatic heterocycles. The van der Waals surface area contributed by atoms with Crippen LogP contribution in [0.3, 0.4) is 0 Å². The summed E-state index contributed by atoms with van der Waals surface area (Å²) in [6.07, 6.45) is 1.62. The minimum atomic E-state index is -1.23. The first kappa shape index (κ1) is 25.9. The maximum atomic E-state index is 13.2. The molecule has 1 heterocycles. The maximum absolute atomic E-state index is 13.2. The van der Waals surface area contributed by atoms with Gasteiger partial charge in [-0.25, -0.2) is 18.9 Å². The van der Waals surface area contributed by atoms with Crippen molar-refractivity contribution in [2.45, 2.75) is 32.6 Å². The van der Waals surface area contributed by atoms with E-state index < -0.39 is 28.8 Å². The number of amides is 2. The first-order valence-electron chi connectivity index (χ1n) is 11.3. The van der Waals surface area contributed by atoms with E-state index >= 15 is 0 Å². The number of hydrogen-bond acceptors (Lipinski definition) is 7. The van der Waals surface area contributed by atoms with Crippen LogP contribution in [0.15, 0.2) is 46.8 Å². The molecule has 0 spiro atoms. The van der Waals surface area contributed by atoms with Gasteiger partial charge in [-0.1, -0.05) is 12.1 Å². The number of urea groups is 1. The second kappa shape index (κ2) is 9.87. The molecule has 1 aromatic rings. The van der Waals surface area contributed by atoms with Crippen molar-refractivity contribution < 1.29 is 33.6 Å². The summed E-state index contributed by atoms with van der Waals surface area (Å²) in [5.74, 6) is -2.47. The van der Waals surface area contributed by atoms with Gasteiger partial charge in [-0.05, 0) is 37.7 Å². The molecule has 0 saturated heterocycles. The highest BCUT2D eigenvalue weighted by Gasteiger charge is 2.42. The number of benzene rings is 1. The zero-order valence-electron chi connectivity index (χ0n) is 20.2. The number of esters is 1. The summed E-state index contributed by atoms with van der Waals surface area (Å²) < 4.78 is 5.67. The van der Waals surface area contributed by atoms with Crippen LogP contribution in [0.25, 0.3) is 0 Å². The number of dihydropyridines is 1. The molecule has 0 bridgehead atoms. The van der Waals surface area contributed by atoms with Crippen LogP contribution in [-0.2, 0) is 14.3 Å². The third-order valence-electron chi connectivity index (χ3n) is 6.78. The fraction of sp³-hybridized carbons (Fsp3) is 0.458. The van der Waals surface area contributed by atoms with Crippen LogP contribution in [0.5, 0.6) is 0 Å². The molecule has 3 unspecified atom stereocenters. The molecule has 11 heteroatoms. The smallest absolute Gasteiger partial charge is 0.413 e.